The highest BCUT2D eigenvalue weighted by Crippen LogP contribution is 2.18. The average molecular weight is 352 g/mol. The molecule has 0 aliphatic heterocycles. The van der Waals surface area contributed by atoms with Gasteiger partial charge < -0.3 is 20.4 Å². The Morgan fingerprint density at radius 3 is 3.00 bits per heavy atom. The monoisotopic (exact) mass is 352 g/mol. The Morgan fingerprint density at radius 2 is 2.12 bits per heavy atom. The number of nitrogens with one attached hydrogen (secondary N) is 3. The second-order valence-electron chi connectivity index (χ2n) is 6.07. The van der Waals surface area contributed by atoms with Crippen LogP contribution in [0.5, 0.6) is 0 Å². The molecule has 0 saturated heterocycles. The molecule has 3 N–H and O–H groups in total. The molecule has 3 aromatic rings. The van der Waals surface area contributed by atoms with Crippen molar-refractivity contribution in [3.8, 4) is 0 Å². The topological polar surface area (TPSA) is 79.0 Å². The molecule has 0 fully saturated rings. The van der Waals surface area contributed by atoms with Gasteiger partial charge >= 0.3 is 0 Å². The van der Waals surface area contributed by atoms with Gasteiger partial charge in [0.25, 0.3) is 5.91 Å². The van der Waals surface area contributed by atoms with Crippen LogP contribution in [0.1, 0.15) is 22.5 Å². The largest absolute Gasteiger partial charge is 0.385 e. The van der Waals surface area contributed by atoms with E-state index in [-0.39, 0.29) is 5.91 Å². The standard InChI is InChI=1S/C20H24N4O2/c1-26-12-4-9-23-20(25)19-13-16(8-11-22-19)21-10-7-15-14-24-18-6-3-2-5-17(15)18/h2-3,5-6,8,11,13-14,24H,4,7,9-10,12H2,1H3,(H,21,22)(H,23,25). The zero-order chi connectivity index (χ0) is 18.2. The first kappa shape index (κ1) is 17.9. The number of H-pyrrole nitrogens is 1. The van der Waals surface area contributed by atoms with Crippen LogP contribution in [0, 0.1) is 0 Å². The molecular weight excluding hydrogens is 328 g/mol. The number of methoxy groups -OCH3 is 1. The summed E-state index contributed by atoms with van der Waals surface area (Å²) in [4.78, 5) is 19.6. The van der Waals surface area contributed by atoms with E-state index in [0.717, 1.165) is 30.6 Å². The van der Waals surface area contributed by atoms with Crippen LogP contribution in [0.4, 0.5) is 5.69 Å². The number of nitrogens with zero attached hydrogens (tertiary/aromatic N) is 1. The summed E-state index contributed by atoms with van der Waals surface area (Å²) in [5.74, 6) is -0.165. The number of rotatable bonds is 9. The van der Waals surface area contributed by atoms with Crippen molar-refractivity contribution < 1.29 is 9.53 Å². The van der Waals surface area contributed by atoms with E-state index in [2.05, 4.69) is 38.9 Å². The molecule has 0 unspecified atom stereocenters. The first-order valence-corrected chi connectivity index (χ1v) is 8.80. The van der Waals surface area contributed by atoms with Gasteiger partial charge in [-0.05, 0) is 36.6 Å². The molecule has 0 saturated carbocycles. The Hall–Kier alpha value is -2.86. The second-order valence-corrected chi connectivity index (χ2v) is 6.07. The lowest BCUT2D eigenvalue weighted by Crippen LogP contribution is -2.26. The van der Waals surface area contributed by atoms with Gasteiger partial charge in [0, 0.05) is 55.8 Å². The number of ether oxygens (including phenoxy) is 1. The molecule has 3 rings (SSSR count). The summed E-state index contributed by atoms with van der Waals surface area (Å²) in [5.41, 5.74) is 3.73. The van der Waals surface area contributed by atoms with E-state index in [9.17, 15) is 4.79 Å². The fraction of sp³-hybridized carbons (Fsp3) is 0.300. The fourth-order valence-electron chi connectivity index (χ4n) is 2.85. The highest BCUT2D eigenvalue weighted by Gasteiger charge is 2.07. The number of carbonyl (C=O) groups excluding carboxylic acids is 1. The van der Waals surface area contributed by atoms with E-state index in [4.69, 9.17) is 4.74 Å². The molecule has 1 aromatic carbocycles. The maximum Gasteiger partial charge on any atom is 0.269 e. The van der Waals surface area contributed by atoms with Crippen molar-refractivity contribution in [2.45, 2.75) is 12.8 Å². The fourth-order valence-corrected chi connectivity index (χ4v) is 2.85. The van der Waals surface area contributed by atoms with Crippen molar-refractivity contribution in [1.82, 2.24) is 15.3 Å². The Morgan fingerprint density at radius 1 is 1.23 bits per heavy atom. The quantitative estimate of drug-likeness (QED) is 0.517. The molecule has 0 radical (unpaired) electrons. The molecule has 2 heterocycles. The van der Waals surface area contributed by atoms with Crippen LogP contribution in [-0.4, -0.2) is 42.7 Å². The van der Waals surface area contributed by atoms with Crippen LogP contribution in [-0.2, 0) is 11.2 Å². The normalized spacial score (nSPS) is 10.8. The van der Waals surface area contributed by atoms with Gasteiger partial charge in [0.1, 0.15) is 5.69 Å². The lowest BCUT2D eigenvalue weighted by Gasteiger charge is -2.08. The molecule has 0 spiro atoms. The number of hydrogen-bond donors (Lipinski definition) is 3. The lowest BCUT2D eigenvalue weighted by molar-refractivity contribution is 0.0943. The Balaban J connectivity index is 1.53. The minimum atomic E-state index is -0.165. The molecule has 0 bridgehead atoms. The summed E-state index contributed by atoms with van der Waals surface area (Å²) in [6.45, 7) is 1.98. The number of aromatic nitrogens is 2. The first-order valence-electron chi connectivity index (χ1n) is 8.80. The lowest BCUT2D eigenvalue weighted by atomic mass is 10.1. The van der Waals surface area contributed by atoms with E-state index >= 15 is 0 Å². The predicted octanol–water partition coefficient (Wildman–Crippen LogP) is 2.98. The van der Waals surface area contributed by atoms with E-state index in [1.807, 2.05) is 18.2 Å². The molecule has 0 aliphatic carbocycles. The third-order valence-electron chi connectivity index (χ3n) is 4.20. The number of amides is 1. The van der Waals surface area contributed by atoms with Crippen molar-refractivity contribution in [2.24, 2.45) is 0 Å². The predicted molar refractivity (Wildman–Crippen MR) is 104 cm³/mol. The number of anilines is 1. The van der Waals surface area contributed by atoms with Gasteiger partial charge in [-0.15, -0.1) is 0 Å². The minimum absolute atomic E-state index is 0.165. The van der Waals surface area contributed by atoms with Gasteiger partial charge in [0.15, 0.2) is 0 Å². The van der Waals surface area contributed by atoms with Crippen molar-refractivity contribution in [3.05, 3.63) is 60.0 Å². The zero-order valence-corrected chi connectivity index (χ0v) is 14.9. The maximum absolute atomic E-state index is 12.1. The van der Waals surface area contributed by atoms with Crippen molar-refractivity contribution in [1.29, 1.82) is 0 Å². The Kier molecular flexibility index (Phi) is 6.22. The smallest absolute Gasteiger partial charge is 0.269 e. The third kappa shape index (κ3) is 4.61. The van der Waals surface area contributed by atoms with Crippen molar-refractivity contribution in [3.63, 3.8) is 0 Å². The summed E-state index contributed by atoms with van der Waals surface area (Å²) in [7, 11) is 1.65. The summed E-state index contributed by atoms with van der Waals surface area (Å²) >= 11 is 0. The van der Waals surface area contributed by atoms with Gasteiger partial charge in [-0.1, -0.05) is 18.2 Å². The summed E-state index contributed by atoms with van der Waals surface area (Å²) in [6.07, 6.45) is 5.38. The average Bonchev–Trinajstić information content (AvgIpc) is 3.09. The number of carbonyl (C=O) groups is 1. The highest BCUT2D eigenvalue weighted by atomic mass is 16.5. The number of pyridine rings is 1. The molecule has 26 heavy (non-hydrogen) atoms. The van der Waals surface area contributed by atoms with Crippen LogP contribution in [0.3, 0.4) is 0 Å². The van der Waals surface area contributed by atoms with E-state index < -0.39 is 0 Å². The first-order chi connectivity index (χ1) is 12.8. The molecule has 0 aliphatic rings. The Bertz CT molecular complexity index is 860. The van der Waals surface area contributed by atoms with Gasteiger partial charge in [-0.3, -0.25) is 9.78 Å². The zero-order valence-electron chi connectivity index (χ0n) is 14.9. The molecule has 136 valence electrons. The van der Waals surface area contributed by atoms with E-state index in [1.54, 1.807) is 19.4 Å². The van der Waals surface area contributed by atoms with Crippen LogP contribution in [0.25, 0.3) is 10.9 Å². The molecule has 6 heteroatoms. The molecule has 6 nitrogen and oxygen atoms in total. The third-order valence-corrected chi connectivity index (χ3v) is 4.20. The SMILES string of the molecule is COCCCNC(=O)c1cc(NCCc2c[nH]c3ccccc23)ccn1. The van der Waals surface area contributed by atoms with Gasteiger partial charge in [-0.2, -0.15) is 0 Å². The number of fused-ring (bicyclic) bond motifs is 1. The van der Waals surface area contributed by atoms with Gasteiger partial charge in [-0.25, -0.2) is 0 Å². The summed E-state index contributed by atoms with van der Waals surface area (Å²) in [6, 6.07) is 11.9. The van der Waals surface area contributed by atoms with Gasteiger partial charge in [0.05, 0.1) is 0 Å². The summed E-state index contributed by atoms with van der Waals surface area (Å²) < 4.78 is 4.97. The number of para-hydroxylation sites is 1. The van der Waals surface area contributed by atoms with E-state index in [1.165, 1.54) is 10.9 Å². The van der Waals surface area contributed by atoms with Crippen LogP contribution < -0.4 is 10.6 Å². The van der Waals surface area contributed by atoms with Crippen LogP contribution >= 0.6 is 0 Å². The second kappa shape index (κ2) is 9.01. The maximum atomic E-state index is 12.1. The van der Waals surface area contributed by atoms with Gasteiger partial charge in [0.2, 0.25) is 0 Å². The molecule has 2 aromatic heterocycles. The van der Waals surface area contributed by atoms with Crippen molar-refractivity contribution in [2.75, 3.05) is 32.1 Å². The molecular formula is C20H24N4O2. The number of aromatic amines is 1. The minimum Gasteiger partial charge on any atom is -0.385 e. The van der Waals surface area contributed by atoms with E-state index in [0.29, 0.717) is 18.8 Å². The number of hydrogen-bond acceptors (Lipinski definition) is 4. The molecule has 1 amide bonds. The van der Waals surface area contributed by atoms with Crippen LogP contribution in [0.2, 0.25) is 0 Å². The molecule has 0 atom stereocenters. The van der Waals surface area contributed by atoms with Crippen molar-refractivity contribution >= 4 is 22.5 Å². The van der Waals surface area contributed by atoms with Crippen LogP contribution in [0.15, 0.2) is 48.8 Å². The number of benzene rings is 1. The summed E-state index contributed by atoms with van der Waals surface area (Å²) in [5, 5.41) is 7.46. The Labute approximate surface area is 153 Å². The highest BCUT2D eigenvalue weighted by molar-refractivity contribution is 5.93.